The van der Waals surface area contributed by atoms with Crippen molar-refractivity contribution in [1.29, 1.82) is 0 Å². The van der Waals surface area contributed by atoms with E-state index in [1.807, 2.05) is 27.1 Å². The van der Waals surface area contributed by atoms with Crippen LogP contribution in [0.1, 0.15) is 25.5 Å². The molecule has 2 aliphatic heterocycles. The number of nitrogens with one attached hydrogen (secondary N) is 1. The lowest BCUT2D eigenvalue weighted by Gasteiger charge is -2.37. The van der Waals surface area contributed by atoms with Gasteiger partial charge in [-0.25, -0.2) is 9.98 Å². The number of aromatic nitrogens is 2. The third-order valence-corrected chi connectivity index (χ3v) is 5.74. The van der Waals surface area contributed by atoms with Crippen LogP contribution >= 0.6 is 35.3 Å². The summed E-state index contributed by atoms with van der Waals surface area (Å²) in [5, 5.41) is 5.39. The number of carbonyl (C=O) groups is 1. The van der Waals surface area contributed by atoms with Crippen molar-refractivity contribution in [3.8, 4) is 0 Å². The predicted octanol–water partition coefficient (Wildman–Crippen LogP) is 1.80. The van der Waals surface area contributed by atoms with Gasteiger partial charge in [0.05, 0.1) is 12.2 Å². The highest BCUT2D eigenvalue weighted by Gasteiger charge is 2.30. The Morgan fingerprint density at radius 3 is 2.82 bits per heavy atom. The highest BCUT2D eigenvalue weighted by Crippen LogP contribution is 2.16. The van der Waals surface area contributed by atoms with Gasteiger partial charge in [0.2, 0.25) is 0 Å². The van der Waals surface area contributed by atoms with Crippen LogP contribution in [0.2, 0.25) is 0 Å². The topological polar surface area (TPSA) is 74.5 Å². The largest absolute Gasteiger partial charge is 0.368 e. The quantitative estimate of drug-likeness (QED) is 0.380. The Balaban J connectivity index is 0.00000225. The molecule has 2 aromatic rings. The third-order valence-electron chi connectivity index (χ3n) is 4.96. The number of ether oxygens (including phenoxy) is 1. The fraction of sp³-hybridized carbons (Fsp3) is 0.611. The fourth-order valence-corrected chi connectivity index (χ4v) is 4.27. The number of carbonyl (C=O) groups excluding carboxylic acids is 1. The van der Waals surface area contributed by atoms with Gasteiger partial charge in [0.1, 0.15) is 6.10 Å². The SMILES string of the molecule is CCNC(=NCc1cn2ccsc2n1)N1CCN(C(=O)C2CCCO2)CC1.I. The molecule has 2 fully saturated rings. The van der Waals surface area contributed by atoms with E-state index in [1.165, 1.54) is 0 Å². The lowest BCUT2D eigenvalue weighted by molar-refractivity contribution is -0.142. The van der Waals surface area contributed by atoms with Crippen molar-refractivity contribution in [2.45, 2.75) is 32.4 Å². The highest BCUT2D eigenvalue weighted by molar-refractivity contribution is 14.0. The van der Waals surface area contributed by atoms with E-state index in [0.717, 1.165) is 49.1 Å². The summed E-state index contributed by atoms with van der Waals surface area (Å²) in [5.74, 6) is 1.03. The minimum atomic E-state index is -0.228. The maximum Gasteiger partial charge on any atom is 0.251 e. The average molecular weight is 518 g/mol. The minimum Gasteiger partial charge on any atom is -0.368 e. The number of hydrogen-bond donors (Lipinski definition) is 1. The molecular weight excluding hydrogens is 491 g/mol. The molecule has 0 spiro atoms. The van der Waals surface area contributed by atoms with E-state index < -0.39 is 0 Å². The second kappa shape index (κ2) is 9.88. The van der Waals surface area contributed by atoms with E-state index in [4.69, 9.17) is 9.73 Å². The Hall–Kier alpha value is -1.40. The number of aliphatic imine (C=N–C) groups is 1. The van der Waals surface area contributed by atoms with Gasteiger partial charge in [-0.1, -0.05) is 0 Å². The molecule has 2 saturated heterocycles. The summed E-state index contributed by atoms with van der Waals surface area (Å²) in [6.07, 6.45) is 5.64. The molecule has 1 amide bonds. The number of rotatable bonds is 4. The summed E-state index contributed by atoms with van der Waals surface area (Å²) < 4.78 is 7.56. The van der Waals surface area contributed by atoms with Crippen LogP contribution in [0.5, 0.6) is 0 Å². The summed E-state index contributed by atoms with van der Waals surface area (Å²) in [5.41, 5.74) is 0.962. The van der Waals surface area contributed by atoms with Crippen molar-refractivity contribution in [1.82, 2.24) is 24.5 Å². The first-order valence-corrected chi connectivity index (χ1v) is 10.5. The van der Waals surface area contributed by atoms with Crippen molar-refractivity contribution < 1.29 is 9.53 Å². The summed E-state index contributed by atoms with van der Waals surface area (Å²) in [6.45, 7) is 7.12. The van der Waals surface area contributed by atoms with Crippen LogP contribution < -0.4 is 5.32 Å². The van der Waals surface area contributed by atoms with Gasteiger partial charge in [-0.3, -0.25) is 9.20 Å². The Morgan fingerprint density at radius 2 is 2.14 bits per heavy atom. The Bertz CT molecular complexity index is 779. The maximum atomic E-state index is 12.5. The molecule has 2 aliphatic rings. The number of fused-ring (bicyclic) bond motifs is 1. The molecule has 10 heteroatoms. The standard InChI is InChI=1S/C18H26N6O2S.HI/c1-2-19-17(20-12-14-13-24-9-11-27-18(24)21-14)23-7-5-22(6-8-23)16(25)15-4-3-10-26-15;/h9,11,13,15H,2-8,10,12H2,1H3,(H,19,20);1H. The monoisotopic (exact) mass is 518 g/mol. The first-order chi connectivity index (χ1) is 13.2. The Morgan fingerprint density at radius 1 is 1.36 bits per heavy atom. The van der Waals surface area contributed by atoms with Gasteiger partial charge in [-0.15, -0.1) is 35.3 Å². The number of amides is 1. The van der Waals surface area contributed by atoms with Crippen LogP contribution in [0, 0.1) is 0 Å². The Labute approximate surface area is 186 Å². The normalized spacial score (nSPS) is 20.5. The van der Waals surface area contributed by atoms with Crippen LogP contribution in [-0.2, 0) is 16.1 Å². The first-order valence-electron chi connectivity index (χ1n) is 9.59. The molecule has 0 aliphatic carbocycles. The molecule has 0 radical (unpaired) electrons. The zero-order chi connectivity index (χ0) is 18.6. The van der Waals surface area contributed by atoms with Gasteiger partial charge >= 0.3 is 0 Å². The molecule has 8 nitrogen and oxygen atoms in total. The minimum absolute atomic E-state index is 0. The number of guanidine groups is 1. The molecule has 154 valence electrons. The van der Waals surface area contributed by atoms with Crippen molar-refractivity contribution in [2.24, 2.45) is 4.99 Å². The lowest BCUT2D eigenvalue weighted by atomic mass is 10.2. The van der Waals surface area contributed by atoms with Gasteiger partial charge < -0.3 is 19.9 Å². The van der Waals surface area contributed by atoms with E-state index in [2.05, 4.69) is 22.1 Å². The van der Waals surface area contributed by atoms with Gasteiger partial charge in [0, 0.05) is 57.1 Å². The number of thiazole rings is 1. The summed E-state index contributed by atoms with van der Waals surface area (Å²) in [4.78, 5) is 27.0. The second-order valence-corrected chi connectivity index (χ2v) is 7.68. The van der Waals surface area contributed by atoms with E-state index in [1.54, 1.807) is 11.3 Å². The first kappa shape index (κ1) is 21.3. The fourth-order valence-electron chi connectivity index (χ4n) is 3.55. The van der Waals surface area contributed by atoms with Gasteiger partial charge in [0.15, 0.2) is 10.9 Å². The summed E-state index contributed by atoms with van der Waals surface area (Å²) >= 11 is 1.62. The van der Waals surface area contributed by atoms with Gasteiger partial charge in [-0.2, -0.15) is 0 Å². The van der Waals surface area contributed by atoms with E-state index in [9.17, 15) is 4.79 Å². The molecule has 28 heavy (non-hydrogen) atoms. The Kier molecular flexibility index (Phi) is 7.52. The van der Waals surface area contributed by atoms with Crippen LogP contribution in [-0.4, -0.2) is 76.5 Å². The molecule has 4 rings (SSSR count). The molecule has 4 heterocycles. The number of hydrogen-bond acceptors (Lipinski definition) is 5. The van der Waals surface area contributed by atoms with Crippen LogP contribution in [0.4, 0.5) is 0 Å². The average Bonchev–Trinajstić information content (AvgIpc) is 3.42. The molecule has 0 aromatic carbocycles. The molecule has 0 bridgehead atoms. The second-order valence-electron chi connectivity index (χ2n) is 6.81. The smallest absolute Gasteiger partial charge is 0.251 e. The van der Waals surface area contributed by atoms with E-state index >= 15 is 0 Å². The highest BCUT2D eigenvalue weighted by atomic mass is 127. The van der Waals surface area contributed by atoms with Gasteiger partial charge in [0.25, 0.3) is 5.91 Å². The van der Waals surface area contributed by atoms with E-state index in [-0.39, 0.29) is 36.0 Å². The van der Waals surface area contributed by atoms with Crippen LogP contribution in [0.3, 0.4) is 0 Å². The van der Waals surface area contributed by atoms with Crippen molar-refractivity contribution in [2.75, 3.05) is 39.3 Å². The number of imidazole rings is 1. The molecule has 1 N–H and O–H groups in total. The predicted molar refractivity (Wildman–Crippen MR) is 120 cm³/mol. The molecule has 1 unspecified atom stereocenters. The number of halogens is 1. The maximum absolute atomic E-state index is 12.5. The van der Waals surface area contributed by atoms with Crippen molar-refractivity contribution in [3.63, 3.8) is 0 Å². The number of piperazine rings is 1. The van der Waals surface area contributed by atoms with Crippen LogP contribution in [0.15, 0.2) is 22.8 Å². The zero-order valence-corrected chi connectivity index (χ0v) is 19.2. The third kappa shape index (κ3) is 4.77. The van der Waals surface area contributed by atoms with Crippen molar-refractivity contribution in [3.05, 3.63) is 23.5 Å². The zero-order valence-electron chi connectivity index (χ0n) is 16.0. The molecule has 1 atom stereocenters. The summed E-state index contributed by atoms with van der Waals surface area (Å²) in [6, 6.07) is 0. The van der Waals surface area contributed by atoms with Crippen LogP contribution in [0.25, 0.3) is 4.96 Å². The number of nitrogens with zero attached hydrogens (tertiary/aromatic N) is 5. The molecular formula is C18H27IN6O2S. The van der Waals surface area contributed by atoms with Crippen molar-refractivity contribution >= 4 is 52.1 Å². The lowest BCUT2D eigenvalue weighted by Crippen LogP contribution is -2.55. The molecule has 0 saturated carbocycles. The van der Waals surface area contributed by atoms with Gasteiger partial charge in [-0.05, 0) is 19.8 Å². The van der Waals surface area contributed by atoms with E-state index in [0.29, 0.717) is 26.2 Å². The molecule has 2 aromatic heterocycles. The summed E-state index contributed by atoms with van der Waals surface area (Å²) in [7, 11) is 0.